The van der Waals surface area contributed by atoms with Crippen LogP contribution in [-0.4, -0.2) is 38.5 Å². The fourth-order valence-electron chi connectivity index (χ4n) is 4.70. The average molecular weight is 498 g/mol. The van der Waals surface area contributed by atoms with Crippen molar-refractivity contribution in [2.24, 2.45) is 0 Å². The van der Waals surface area contributed by atoms with Gasteiger partial charge in [0.05, 0.1) is 29.3 Å². The minimum absolute atomic E-state index is 0.0662. The number of hydrogen-bond donors (Lipinski definition) is 3. The molecule has 1 aromatic heterocycles. The summed E-state index contributed by atoms with van der Waals surface area (Å²) in [5.74, 6) is -1.61. The molecule has 1 amide bonds. The first-order chi connectivity index (χ1) is 17.7. The van der Waals surface area contributed by atoms with Crippen LogP contribution in [0.25, 0.3) is 16.8 Å². The molecule has 0 bridgehead atoms. The van der Waals surface area contributed by atoms with Crippen molar-refractivity contribution in [1.29, 1.82) is 0 Å². The van der Waals surface area contributed by atoms with Gasteiger partial charge in [0.2, 0.25) is 5.95 Å². The summed E-state index contributed by atoms with van der Waals surface area (Å²) in [4.78, 5) is 36.0. The van der Waals surface area contributed by atoms with Gasteiger partial charge in [-0.1, -0.05) is 29.8 Å². The lowest BCUT2D eigenvalue weighted by Gasteiger charge is -2.24. The summed E-state index contributed by atoms with van der Waals surface area (Å²) in [6.07, 6.45) is 0. The first kappa shape index (κ1) is 24.1. The molecule has 0 saturated carbocycles. The summed E-state index contributed by atoms with van der Waals surface area (Å²) in [7, 11) is 0. The van der Waals surface area contributed by atoms with Crippen molar-refractivity contribution < 1.29 is 24.5 Å². The maximum absolute atomic E-state index is 13.5. The number of hydrogen-bond acceptors (Lipinski definition) is 6. The van der Waals surface area contributed by atoms with Crippen LogP contribution in [0.15, 0.2) is 60.2 Å². The Hall–Kier alpha value is -4.59. The molecule has 188 valence electrons. The number of aromatic hydroxyl groups is 1. The number of anilines is 1. The number of carbonyl (C=O) groups is 2. The Morgan fingerprint density at radius 3 is 2.51 bits per heavy atom. The summed E-state index contributed by atoms with van der Waals surface area (Å²) in [5, 5.41) is 21.8. The van der Waals surface area contributed by atoms with Crippen LogP contribution in [0.3, 0.4) is 0 Å². The number of rotatable bonds is 5. The number of aliphatic hydroxyl groups excluding tert-OH is 1. The minimum atomic E-state index is -1.01. The lowest BCUT2D eigenvalue weighted by molar-refractivity contribution is -0.132. The Bertz CT molecular complexity index is 1600. The Morgan fingerprint density at radius 2 is 1.76 bits per heavy atom. The van der Waals surface area contributed by atoms with E-state index in [2.05, 4.69) is 9.97 Å². The van der Waals surface area contributed by atoms with Crippen molar-refractivity contribution in [2.75, 3.05) is 11.5 Å². The molecule has 1 atom stereocenters. The van der Waals surface area contributed by atoms with Crippen LogP contribution in [0.1, 0.15) is 40.8 Å². The fourth-order valence-corrected chi connectivity index (χ4v) is 4.70. The second kappa shape index (κ2) is 9.13. The number of ether oxygens (including phenoxy) is 1. The first-order valence-corrected chi connectivity index (χ1v) is 12.0. The van der Waals surface area contributed by atoms with Crippen molar-refractivity contribution in [2.45, 2.75) is 33.7 Å². The number of aliphatic hydroxyl groups is 1. The molecular formula is C29H27N3O5. The van der Waals surface area contributed by atoms with Crippen LogP contribution < -0.4 is 9.64 Å². The molecule has 0 spiro atoms. The molecule has 1 aliphatic rings. The van der Waals surface area contributed by atoms with E-state index in [9.17, 15) is 19.8 Å². The van der Waals surface area contributed by atoms with E-state index in [1.54, 1.807) is 25.1 Å². The molecule has 4 aromatic rings. The number of imidazole rings is 1. The molecule has 8 nitrogen and oxygen atoms in total. The number of aromatic nitrogens is 2. The number of Topliss-reactive ketones (excluding diaryl/α,β-unsaturated/α-hetero) is 1. The van der Waals surface area contributed by atoms with Crippen molar-refractivity contribution >= 4 is 34.4 Å². The minimum Gasteiger partial charge on any atom is -0.507 e. The van der Waals surface area contributed by atoms with E-state index in [-0.39, 0.29) is 28.8 Å². The zero-order chi connectivity index (χ0) is 26.4. The molecule has 3 aromatic carbocycles. The third-order valence-electron chi connectivity index (χ3n) is 6.55. The van der Waals surface area contributed by atoms with E-state index in [4.69, 9.17) is 4.74 Å². The number of amides is 1. The smallest absolute Gasteiger partial charge is 0.302 e. The number of benzene rings is 3. The Balaban J connectivity index is 1.77. The number of nitrogens with zero attached hydrogens (tertiary/aromatic N) is 2. The van der Waals surface area contributed by atoms with Gasteiger partial charge in [-0.25, -0.2) is 4.98 Å². The van der Waals surface area contributed by atoms with E-state index >= 15 is 0 Å². The molecule has 1 aliphatic heterocycles. The summed E-state index contributed by atoms with van der Waals surface area (Å²) in [6.45, 7) is 7.76. The lowest BCUT2D eigenvalue weighted by atomic mass is 9.93. The van der Waals surface area contributed by atoms with E-state index in [1.807, 2.05) is 51.1 Å². The second-order valence-corrected chi connectivity index (χ2v) is 9.23. The molecular weight excluding hydrogens is 470 g/mol. The van der Waals surface area contributed by atoms with Crippen molar-refractivity contribution in [1.82, 2.24) is 9.97 Å². The van der Waals surface area contributed by atoms with Crippen LogP contribution in [0.4, 0.5) is 5.95 Å². The van der Waals surface area contributed by atoms with Crippen molar-refractivity contribution in [3.05, 3.63) is 88.0 Å². The molecule has 1 saturated heterocycles. The van der Waals surface area contributed by atoms with Gasteiger partial charge < -0.3 is 19.9 Å². The van der Waals surface area contributed by atoms with Crippen LogP contribution >= 0.6 is 0 Å². The van der Waals surface area contributed by atoms with Crippen LogP contribution in [0.2, 0.25) is 0 Å². The molecule has 3 N–H and O–H groups in total. The number of aryl methyl sites for hydroxylation is 3. The SMILES string of the molecule is CCOc1cc(C2/C(=C(\O)c3cc(C)ccc3C)C(=O)C(=O)N2c2nc3ccc(C)cc3[nH]2)ccc1O. The lowest BCUT2D eigenvalue weighted by Crippen LogP contribution is -2.30. The molecule has 0 radical (unpaired) electrons. The molecule has 1 unspecified atom stereocenters. The quantitative estimate of drug-likeness (QED) is 0.198. The largest absolute Gasteiger partial charge is 0.507 e. The molecule has 1 fully saturated rings. The van der Waals surface area contributed by atoms with Gasteiger partial charge in [0, 0.05) is 5.56 Å². The van der Waals surface area contributed by atoms with E-state index in [1.165, 1.54) is 11.0 Å². The van der Waals surface area contributed by atoms with Crippen molar-refractivity contribution in [3.63, 3.8) is 0 Å². The van der Waals surface area contributed by atoms with Gasteiger partial charge in [-0.05, 0) is 74.7 Å². The summed E-state index contributed by atoms with van der Waals surface area (Å²) < 4.78 is 5.57. The standard InChI is InChI=1S/C29H27N3O5/c1-5-37-23-14-18(9-11-22(23)33)25-24(26(34)19-12-15(2)6-8-17(19)4)27(35)28(36)32(25)29-30-20-10-7-16(3)13-21(20)31-29/h6-14,25,33-34H,5H2,1-4H3,(H,30,31)/b26-24+. The highest BCUT2D eigenvalue weighted by Gasteiger charge is 2.48. The third kappa shape index (κ3) is 4.10. The van der Waals surface area contributed by atoms with E-state index in [0.717, 1.165) is 16.7 Å². The normalized spacial score (nSPS) is 17.1. The molecule has 37 heavy (non-hydrogen) atoms. The number of aromatic amines is 1. The number of nitrogens with one attached hydrogen (secondary N) is 1. The monoisotopic (exact) mass is 497 g/mol. The van der Waals surface area contributed by atoms with Gasteiger partial charge in [0.25, 0.3) is 5.78 Å². The maximum Gasteiger partial charge on any atom is 0.302 e. The highest BCUT2D eigenvalue weighted by Crippen LogP contribution is 2.44. The molecule has 2 heterocycles. The zero-order valence-electron chi connectivity index (χ0n) is 21.0. The fraction of sp³-hybridized carbons (Fsp3) is 0.207. The van der Waals surface area contributed by atoms with Crippen LogP contribution in [-0.2, 0) is 9.59 Å². The highest BCUT2D eigenvalue weighted by atomic mass is 16.5. The van der Waals surface area contributed by atoms with Crippen LogP contribution in [0.5, 0.6) is 11.5 Å². The molecule has 5 rings (SSSR count). The van der Waals surface area contributed by atoms with Crippen molar-refractivity contribution in [3.8, 4) is 11.5 Å². The zero-order valence-corrected chi connectivity index (χ0v) is 21.0. The number of phenolic OH excluding ortho intramolecular Hbond substituents is 1. The predicted molar refractivity (Wildman–Crippen MR) is 141 cm³/mol. The number of carbonyl (C=O) groups excluding carboxylic acids is 2. The van der Waals surface area contributed by atoms with Gasteiger partial charge >= 0.3 is 5.91 Å². The van der Waals surface area contributed by atoms with Gasteiger partial charge in [-0.2, -0.15) is 0 Å². The number of ketones is 1. The third-order valence-corrected chi connectivity index (χ3v) is 6.55. The topological polar surface area (TPSA) is 116 Å². The highest BCUT2D eigenvalue weighted by molar-refractivity contribution is 6.51. The second-order valence-electron chi connectivity index (χ2n) is 9.23. The maximum atomic E-state index is 13.5. The summed E-state index contributed by atoms with van der Waals surface area (Å²) >= 11 is 0. The predicted octanol–water partition coefficient (Wildman–Crippen LogP) is 5.22. The van der Waals surface area contributed by atoms with Crippen LogP contribution in [0, 0.1) is 20.8 Å². The van der Waals surface area contributed by atoms with Gasteiger partial charge in [0.15, 0.2) is 11.5 Å². The molecule has 8 heteroatoms. The first-order valence-electron chi connectivity index (χ1n) is 12.0. The molecule has 0 aliphatic carbocycles. The Kier molecular flexibility index (Phi) is 5.95. The summed E-state index contributed by atoms with van der Waals surface area (Å²) in [5.41, 5.74) is 4.89. The number of phenols is 1. The van der Waals surface area contributed by atoms with Gasteiger partial charge in [-0.15, -0.1) is 0 Å². The van der Waals surface area contributed by atoms with E-state index < -0.39 is 17.7 Å². The van der Waals surface area contributed by atoms with Gasteiger partial charge in [-0.3, -0.25) is 14.5 Å². The average Bonchev–Trinajstić information content (AvgIpc) is 3.39. The number of fused-ring (bicyclic) bond motifs is 1. The summed E-state index contributed by atoms with van der Waals surface area (Å²) in [6, 6.07) is 14.8. The van der Waals surface area contributed by atoms with E-state index in [0.29, 0.717) is 28.8 Å². The Labute approximate surface area is 213 Å². The number of H-pyrrole nitrogens is 1. The Morgan fingerprint density at radius 1 is 1.03 bits per heavy atom. The van der Waals surface area contributed by atoms with Gasteiger partial charge in [0.1, 0.15) is 5.76 Å².